The number of hydrogen-bond acceptors (Lipinski definition) is 2. The van der Waals surface area contributed by atoms with Gasteiger partial charge in [-0.1, -0.05) is 35.9 Å². The van der Waals surface area contributed by atoms with Crippen LogP contribution in [0.3, 0.4) is 0 Å². The van der Waals surface area contributed by atoms with Crippen LogP contribution in [0.2, 0.25) is 0 Å². The molecule has 1 aliphatic rings. The molecular weight excluding hydrogens is 310 g/mol. The van der Waals surface area contributed by atoms with Gasteiger partial charge < -0.3 is 5.32 Å². The van der Waals surface area contributed by atoms with Crippen molar-refractivity contribution in [3.63, 3.8) is 0 Å². The first kappa shape index (κ1) is 15.6. The fourth-order valence-electron chi connectivity index (χ4n) is 3.05. The Morgan fingerprint density at radius 1 is 1.08 bits per heavy atom. The third kappa shape index (κ3) is 3.20. The summed E-state index contributed by atoms with van der Waals surface area (Å²) in [5, 5.41) is 7.73. The normalized spacial score (nSPS) is 13.7. The molecule has 1 fully saturated rings. The van der Waals surface area contributed by atoms with Gasteiger partial charge in [0.15, 0.2) is 0 Å². The molecule has 1 heterocycles. The predicted molar refractivity (Wildman–Crippen MR) is 99.4 cm³/mol. The lowest BCUT2D eigenvalue weighted by molar-refractivity contribution is 0.101. The Morgan fingerprint density at radius 2 is 1.84 bits per heavy atom. The molecule has 25 heavy (non-hydrogen) atoms. The minimum Gasteiger partial charge on any atom is -0.320 e. The first-order valence-electron chi connectivity index (χ1n) is 8.66. The van der Waals surface area contributed by atoms with Gasteiger partial charge in [0.1, 0.15) is 5.69 Å². The zero-order valence-corrected chi connectivity index (χ0v) is 14.5. The maximum absolute atomic E-state index is 12.9. The van der Waals surface area contributed by atoms with E-state index in [1.54, 1.807) is 4.68 Å². The number of carbonyl (C=O) groups excluding carboxylic acids is 1. The predicted octanol–water partition coefficient (Wildman–Crippen LogP) is 4.62. The summed E-state index contributed by atoms with van der Waals surface area (Å²) in [4.78, 5) is 12.9. The van der Waals surface area contributed by atoms with Crippen LogP contribution < -0.4 is 5.32 Å². The van der Waals surface area contributed by atoms with Crippen molar-refractivity contribution in [3.8, 4) is 5.69 Å². The number of carbonyl (C=O) groups is 1. The number of rotatable bonds is 4. The van der Waals surface area contributed by atoms with E-state index in [2.05, 4.69) is 11.4 Å². The summed E-state index contributed by atoms with van der Waals surface area (Å²) in [7, 11) is 0. The minimum absolute atomic E-state index is 0.129. The van der Waals surface area contributed by atoms with E-state index in [0.717, 1.165) is 35.5 Å². The van der Waals surface area contributed by atoms with Gasteiger partial charge in [0.2, 0.25) is 0 Å². The average molecular weight is 331 g/mol. The molecule has 0 atom stereocenters. The summed E-state index contributed by atoms with van der Waals surface area (Å²) >= 11 is 0. The number of benzene rings is 2. The number of hydrogen-bond donors (Lipinski definition) is 1. The highest BCUT2D eigenvalue weighted by atomic mass is 16.2. The van der Waals surface area contributed by atoms with E-state index in [9.17, 15) is 4.79 Å². The van der Waals surface area contributed by atoms with E-state index in [1.807, 2.05) is 62.4 Å². The van der Waals surface area contributed by atoms with Gasteiger partial charge in [-0.25, -0.2) is 4.68 Å². The van der Waals surface area contributed by atoms with Gasteiger partial charge in [-0.05, 0) is 56.5 Å². The Morgan fingerprint density at radius 3 is 2.52 bits per heavy atom. The number of amides is 1. The molecule has 1 N–H and O–H groups in total. The summed E-state index contributed by atoms with van der Waals surface area (Å²) in [5.74, 6) is 0.368. The Bertz CT molecular complexity index is 924. The minimum atomic E-state index is -0.129. The van der Waals surface area contributed by atoms with Crippen LogP contribution in [0.15, 0.2) is 54.6 Å². The molecule has 0 spiro atoms. The number of para-hydroxylation sites is 1. The van der Waals surface area contributed by atoms with Crippen LogP contribution in [0.25, 0.3) is 5.69 Å². The fourth-order valence-corrected chi connectivity index (χ4v) is 3.05. The van der Waals surface area contributed by atoms with Crippen molar-refractivity contribution in [1.82, 2.24) is 9.78 Å². The van der Waals surface area contributed by atoms with Crippen molar-refractivity contribution < 1.29 is 4.79 Å². The van der Waals surface area contributed by atoms with E-state index in [0.29, 0.717) is 11.6 Å². The van der Waals surface area contributed by atoms with E-state index in [4.69, 9.17) is 5.10 Å². The summed E-state index contributed by atoms with van der Waals surface area (Å²) in [5.41, 5.74) is 5.56. The fraction of sp³-hybridized carbons (Fsp3) is 0.238. The summed E-state index contributed by atoms with van der Waals surface area (Å²) < 4.78 is 1.76. The van der Waals surface area contributed by atoms with Crippen molar-refractivity contribution in [3.05, 3.63) is 77.1 Å². The van der Waals surface area contributed by atoms with Crippen LogP contribution in [0, 0.1) is 13.8 Å². The standard InChI is InChI=1S/C21H21N3O/c1-14-8-11-18(15(2)12-14)22-21(25)20-13-19(16-9-10-16)23-24(20)17-6-4-3-5-7-17/h3-8,11-13,16H,9-10H2,1-2H3,(H,22,25). The molecule has 1 aromatic heterocycles. The number of aromatic nitrogens is 2. The van der Waals surface area contributed by atoms with Crippen LogP contribution in [-0.2, 0) is 0 Å². The summed E-state index contributed by atoms with van der Waals surface area (Å²) in [6.45, 7) is 4.05. The largest absolute Gasteiger partial charge is 0.320 e. The van der Waals surface area contributed by atoms with Crippen molar-refractivity contribution in [2.75, 3.05) is 5.32 Å². The number of anilines is 1. The molecule has 0 unspecified atom stereocenters. The van der Waals surface area contributed by atoms with Crippen LogP contribution in [0.1, 0.15) is 46.1 Å². The monoisotopic (exact) mass is 331 g/mol. The smallest absolute Gasteiger partial charge is 0.274 e. The quantitative estimate of drug-likeness (QED) is 0.758. The van der Waals surface area contributed by atoms with Crippen molar-refractivity contribution >= 4 is 11.6 Å². The lowest BCUT2D eigenvalue weighted by atomic mass is 10.1. The second-order valence-electron chi connectivity index (χ2n) is 6.75. The van der Waals surface area contributed by atoms with Gasteiger partial charge in [0.25, 0.3) is 5.91 Å². The molecule has 4 heteroatoms. The van der Waals surface area contributed by atoms with Crippen molar-refractivity contribution in [2.24, 2.45) is 0 Å². The SMILES string of the molecule is Cc1ccc(NC(=O)c2cc(C3CC3)nn2-c2ccccc2)c(C)c1. The van der Waals surface area contributed by atoms with Gasteiger partial charge >= 0.3 is 0 Å². The van der Waals surface area contributed by atoms with E-state index < -0.39 is 0 Å². The number of nitrogens with one attached hydrogen (secondary N) is 1. The number of aryl methyl sites for hydroxylation is 2. The number of nitrogens with zero attached hydrogens (tertiary/aromatic N) is 2. The Hall–Kier alpha value is -2.88. The molecule has 1 amide bonds. The van der Waals surface area contributed by atoms with Crippen molar-refractivity contribution in [1.29, 1.82) is 0 Å². The Labute approximate surface area is 147 Å². The van der Waals surface area contributed by atoms with Gasteiger partial charge in [0, 0.05) is 11.6 Å². The lowest BCUT2D eigenvalue weighted by Gasteiger charge is -2.10. The first-order chi connectivity index (χ1) is 12.1. The molecule has 0 aliphatic heterocycles. The van der Waals surface area contributed by atoms with E-state index >= 15 is 0 Å². The average Bonchev–Trinajstić information content (AvgIpc) is 3.36. The Balaban J connectivity index is 1.69. The molecule has 2 aromatic carbocycles. The molecule has 0 bridgehead atoms. The lowest BCUT2D eigenvalue weighted by Crippen LogP contribution is -2.17. The molecule has 4 rings (SSSR count). The van der Waals surface area contributed by atoms with Crippen LogP contribution in [0.4, 0.5) is 5.69 Å². The first-order valence-corrected chi connectivity index (χ1v) is 8.66. The third-order valence-corrected chi connectivity index (χ3v) is 4.59. The van der Waals surface area contributed by atoms with Gasteiger partial charge in [-0.15, -0.1) is 0 Å². The second kappa shape index (κ2) is 6.20. The maximum atomic E-state index is 12.9. The molecule has 0 radical (unpaired) electrons. The van der Waals surface area contributed by atoms with Gasteiger partial charge in [-0.3, -0.25) is 4.79 Å². The molecular formula is C21H21N3O. The summed E-state index contributed by atoms with van der Waals surface area (Å²) in [6, 6.07) is 17.8. The van der Waals surface area contributed by atoms with E-state index in [1.165, 1.54) is 5.56 Å². The van der Waals surface area contributed by atoms with Crippen molar-refractivity contribution in [2.45, 2.75) is 32.6 Å². The van der Waals surface area contributed by atoms with Gasteiger partial charge in [0.05, 0.1) is 11.4 Å². The molecule has 4 nitrogen and oxygen atoms in total. The van der Waals surface area contributed by atoms with Crippen LogP contribution in [-0.4, -0.2) is 15.7 Å². The molecule has 0 saturated heterocycles. The second-order valence-corrected chi connectivity index (χ2v) is 6.75. The zero-order chi connectivity index (χ0) is 17.4. The summed E-state index contributed by atoms with van der Waals surface area (Å²) in [6.07, 6.45) is 2.31. The molecule has 126 valence electrons. The molecule has 1 aliphatic carbocycles. The van der Waals surface area contributed by atoms with Crippen LogP contribution >= 0.6 is 0 Å². The van der Waals surface area contributed by atoms with Gasteiger partial charge in [-0.2, -0.15) is 5.10 Å². The third-order valence-electron chi connectivity index (χ3n) is 4.59. The zero-order valence-electron chi connectivity index (χ0n) is 14.5. The van der Waals surface area contributed by atoms with E-state index in [-0.39, 0.29) is 5.91 Å². The highest BCUT2D eigenvalue weighted by molar-refractivity contribution is 6.04. The topological polar surface area (TPSA) is 46.9 Å². The molecule has 3 aromatic rings. The highest BCUT2D eigenvalue weighted by Crippen LogP contribution is 2.39. The van der Waals surface area contributed by atoms with Crippen LogP contribution in [0.5, 0.6) is 0 Å². The maximum Gasteiger partial charge on any atom is 0.274 e. The Kier molecular flexibility index (Phi) is 3.88. The molecule has 1 saturated carbocycles. The highest BCUT2D eigenvalue weighted by Gasteiger charge is 2.29.